The predicted octanol–water partition coefficient (Wildman–Crippen LogP) is 2.78. The topological polar surface area (TPSA) is 61.4 Å². The zero-order chi connectivity index (χ0) is 18.4. The van der Waals surface area contributed by atoms with Gasteiger partial charge in [0.2, 0.25) is 11.8 Å². The number of hydrogen-bond acceptors (Lipinski definition) is 3. The first-order chi connectivity index (χ1) is 11.9. The van der Waals surface area contributed by atoms with Crippen LogP contribution in [0.2, 0.25) is 0 Å². The number of nitrogens with zero attached hydrogens (tertiary/aromatic N) is 1. The Morgan fingerprint density at radius 1 is 1.24 bits per heavy atom. The summed E-state index contributed by atoms with van der Waals surface area (Å²) >= 11 is 0. The molecule has 0 radical (unpaired) electrons. The van der Waals surface area contributed by atoms with Gasteiger partial charge in [-0.25, -0.2) is 4.39 Å². The van der Waals surface area contributed by atoms with Crippen LogP contribution in [-0.2, 0) is 9.59 Å². The first-order valence-electron chi connectivity index (χ1n) is 8.93. The monoisotopic (exact) mass is 349 g/mol. The van der Waals surface area contributed by atoms with Gasteiger partial charge in [0.15, 0.2) is 0 Å². The molecule has 25 heavy (non-hydrogen) atoms. The lowest BCUT2D eigenvalue weighted by Gasteiger charge is -2.32. The molecular weight excluding hydrogens is 321 g/mol. The van der Waals surface area contributed by atoms with Crippen molar-refractivity contribution >= 4 is 17.5 Å². The number of hydrogen-bond donors (Lipinski definition) is 2. The lowest BCUT2D eigenvalue weighted by molar-refractivity contribution is -0.127. The van der Waals surface area contributed by atoms with E-state index in [0.29, 0.717) is 11.6 Å². The van der Waals surface area contributed by atoms with Crippen LogP contribution in [0.15, 0.2) is 24.3 Å². The molecule has 2 amide bonds. The second-order valence-electron chi connectivity index (χ2n) is 7.02. The molecule has 3 atom stereocenters. The van der Waals surface area contributed by atoms with E-state index in [9.17, 15) is 14.0 Å². The van der Waals surface area contributed by atoms with Crippen molar-refractivity contribution in [1.82, 2.24) is 10.2 Å². The summed E-state index contributed by atoms with van der Waals surface area (Å²) in [5.74, 6) is -0.134. The van der Waals surface area contributed by atoms with Crippen LogP contribution >= 0.6 is 0 Å². The van der Waals surface area contributed by atoms with E-state index in [0.717, 1.165) is 19.3 Å². The van der Waals surface area contributed by atoms with Crippen molar-refractivity contribution in [2.24, 2.45) is 5.92 Å². The summed E-state index contributed by atoms with van der Waals surface area (Å²) in [5, 5.41) is 5.83. The molecule has 1 aliphatic rings. The van der Waals surface area contributed by atoms with E-state index < -0.39 is 6.04 Å². The van der Waals surface area contributed by atoms with Gasteiger partial charge >= 0.3 is 0 Å². The zero-order valence-corrected chi connectivity index (χ0v) is 15.2. The van der Waals surface area contributed by atoms with Crippen LogP contribution in [0.3, 0.4) is 0 Å². The van der Waals surface area contributed by atoms with Crippen molar-refractivity contribution in [3.8, 4) is 0 Å². The van der Waals surface area contributed by atoms with Gasteiger partial charge in [-0.15, -0.1) is 0 Å². The molecule has 0 unspecified atom stereocenters. The third-order valence-electron chi connectivity index (χ3n) is 5.00. The summed E-state index contributed by atoms with van der Waals surface area (Å²) in [6.45, 7) is 4.06. The molecule has 138 valence electrons. The van der Waals surface area contributed by atoms with Crippen molar-refractivity contribution < 1.29 is 14.0 Å². The molecule has 0 bridgehead atoms. The Morgan fingerprint density at radius 3 is 2.52 bits per heavy atom. The minimum atomic E-state index is -0.395. The highest BCUT2D eigenvalue weighted by molar-refractivity contribution is 5.92. The van der Waals surface area contributed by atoms with E-state index in [2.05, 4.69) is 17.6 Å². The van der Waals surface area contributed by atoms with Gasteiger partial charge in [-0.3, -0.25) is 14.5 Å². The third-order valence-corrected chi connectivity index (χ3v) is 5.00. The highest BCUT2D eigenvalue weighted by atomic mass is 19.1. The maximum Gasteiger partial charge on any atom is 0.238 e. The van der Waals surface area contributed by atoms with Gasteiger partial charge in [0.1, 0.15) is 5.82 Å². The van der Waals surface area contributed by atoms with E-state index in [4.69, 9.17) is 0 Å². The van der Waals surface area contributed by atoms with Gasteiger partial charge in [-0.2, -0.15) is 0 Å². The second-order valence-corrected chi connectivity index (χ2v) is 7.02. The Hall–Kier alpha value is -1.95. The van der Waals surface area contributed by atoms with Crippen LogP contribution in [0.4, 0.5) is 10.1 Å². The SMILES string of the molecule is C[C@@H]1CCCC[C@H]1NC(=O)[C@@H](C)N(C)CC(=O)Nc1ccc(F)cc1. The van der Waals surface area contributed by atoms with Crippen molar-refractivity contribution in [3.63, 3.8) is 0 Å². The molecule has 1 fully saturated rings. The smallest absolute Gasteiger partial charge is 0.238 e. The molecule has 0 saturated heterocycles. The molecule has 2 rings (SSSR count). The van der Waals surface area contributed by atoms with Gasteiger partial charge in [-0.05, 0) is 57.0 Å². The summed E-state index contributed by atoms with van der Waals surface area (Å²) < 4.78 is 12.9. The third kappa shape index (κ3) is 5.81. The maximum absolute atomic E-state index is 12.9. The fraction of sp³-hybridized carbons (Fsp3) is 0.579. The van der Waals surface area contributed by atoms with E-state index >= 15 is 0 Å². The van der Waals surface area contributed by atoms with Crippen LogP contribution in [0.25, 0.3) is 0 Å². The van der Waals surface area contributed by atoms with Crippen LogP contribution in [0.5, 0.6) is 0 Å². The highest BCUT2D eigenvalue weighted by Gasteiger charge is 2.26. The number of amides is 2. The predicted molar refractivity (Wildman–Crippen MR) is 96.7 cm³/mol. The molecule has 0 aliphatic heterocycles. The summed E-state index contributed by atoms with van der Waals surface area (Å²) in [7, 11) is 1.75. The Morgan fingerprint density at radius 2 is 1.88 bits per heavy atom. The lowest BCUT2D eigenvalue weighted by atomic mass is 9.86. The molecule has 6 heteroatoms. The molecule has 2 N–H and O–H groups in total. The van der Waals surface area contributed by atoms with Crippen LogP contribution in [0.1, 0.15) is 39.5 Å². The summed E-state index contributed by atoms with van der Waals surface area (Å²) in [5.41, 5.74) is 0.535. The van der Waals surface area contributed by atoms with Crippen LogP contribution in [-0.4, -0.2) is 42.4 Å². The second kappa shape index (κ2) is 8.94. The Labute approximate surface area is 149 Å². The molecule has 0 heterocycles. The fourth-order valence-electron chi connectivity index (χ4n) is 3.13. The first kappa shape index (κ1) is 19.4. The molecule has 0 spiro atoms. The first-order valence-corrected chi connectivity index (χ1v) is 8.93. The van der Waals surface area contributed by atoms with Crippen LogP contribution < -0.4 is 10.6 Å². The van der Waals surface area contributed by atoms with Gasteiger partial charge in [0.25, 0.3) is 0 Å². The minimum Gasteiger partial charge on any atom is -0.352 e. The quantitative estimate of drug-likeness (QED) is 0.830. The van der Waals surface area contributed by atoms with Crippen molar-refractivity contribution in [2.45, 2.75) is 51.6 Å². The Kier molecular flexibility index (Phi) is 6.93. The van der Waals surface area contributed by atoms with Gasteiger partial charge in [0.05, 0.1) is 12.6 Å². The molecule has 1 saturated carbocycles. The number of carbonyl (C=O) groups is 2. The molecule has 1 aromatic rings. The standard InChI is InChI=1S/C19H28FN3O2/c1-13-6-4-5-7-17(13)22-19(25)14(2)23(3)12-18(24)21-16-10-8-15(20)9-11-16/h8-11,13-14,17H,4-7,12H2,1-3H3,(H,21,24)(H,22,25)/t13-,14-,17-/m1/s1. The Bertz CT molecular complexity index is 591. The maximum atomic E-state index is 12.9. The summed E-state index contributed by atoms with van der Waals surface area (Å²) in [4.78, 5) is 26.3. The number of benzene rings is 1. The largest absolute Gasteiger partial charge is 0.352 e. The summed E-state index contributed by atoms with van der Waals surface area (Å²) in [6, 6.07) is 5.43. The zero-order valence-electron chi connectivity index (χ0n) is 15.2. The normalized spacial score (nSPS) is 21.6. The van der Waals surface area contributed by atoms with E-state index in [1.54, 1.807) is 18.9 Å². The van der Waals surface area contributed by atoms with E-state index in [1.807, 2.05) is 0 Å². The lowest BCUT2D eigenvalue weighted by Crippen LogP contribution is -2.50. The van der Waals surface area contributed by atoms with Gasteiger partial charge in [0, 0.05) is 11.7 Å². The minimum absolute atomic E-state index is 0.0455. The highest BCUT2D eigenvalue weighted by Crippen LogP contribution is 2.23. The van der Waals surface area contributed by atoms with Crippen molar-refractivity contribution in [3.05, 3.63) is 30.1 Å². The van der Waals surface area contributed by atoms with Gasteiger partial charge < -0.3 is 10.6 Å². The molecule has 1 aliphatic carbocycles. The number of nitrogens with one attached hydrogen (secondary N) is 2. The van der Waals surface area contributed by atoms with E-state index in [-0.39, 0.29) is 30.2 Å². The number of rotatable bonds is 6. The molecule has 5 nitrogen and oxygen atoms in total. The van der Waals surface area contributed by atoms with Crippen molar-refractivity contribution in [1.29, 1.82) is 0 Å². The fourth-order valence-corrected chi connectivity index (χ4v) is 3.13. The average molecular weight is 349 g/mol. The number of halogens is 1. The summed E-state index contributed by atoms with van der Waals surface area (Å²) in [6.07, 6.45) is 4.55. The van der Waals surface area contributed by atoms with Crippen molar-refractivity contribution in [2.75, 3.05) is 18.9 Å². The number of anilines is 1. The Balaban J connectivity index is 1.81. The molecular formula is C19H28FN3O2. The molecule has 1 aromatic carbocycles. The molecule has 0 aromatic heterocycles. The van der Waals surface area contributed by atoms with Gasteiger partial charge in [-0.1, -0.05) is 19.8 Å². The van der Waals surface area contributed by atoms with E-state index in [1.165, 1.54) is 30.7 Å². The number of carbonyl (C=O) groups excluding carboxylic acids is 2. The average Bonchev–Trinajstić information content (AvgIpc) is 2.58. The van der Waals surface area contributed by atoms with Crippen LogP contribution in [0, 0.1) is 11.7 Å². The number of likely N-dealkylation sites (N-methyl/N-ethyl adjacent to an activating group) is 1.